The third-order valence-corrected chi connectivity index (χ3v) is 4.50. The number of imidazole rings is 1. The number of fused-ring (bicyclic) bond motifs is 2. The smallest absolute Gasteiger partial charge is 0.110 e. The van der Waals surface area contributed by atoms with Crippen LogP contribution in [-0.2, 0) is 13.0 Å². The molecule has 0 atom stereocenters. The van der Waals surface area contributed by atoms with Gasteiger partial charge in [-0.3, -0.25) is 0 Å². The van der Waals surface area contributed by atoms with Gasteiger partial charge in [0.1, 0.15) is 5.82 Å². The molecule has 120 valence electrons. The van der Waals surface area contributed by atoms with Gasteiger partial charge in [-0.05, 0) is 34.9 Å². The second-order valence-electron chi connectivity index (χ2n) is 6.07. The first-order valence-corrected chi connectivity index (χ1v) is 8.38. The summed E-state index contributed by atoms with van der Waals surface area (Å²) in [5, 5.41) is 11.7. The molecule has 0 bridgehead atoms. The van der Waals surface area contributed by atoms with Gasteiger partial charge >= 0.3 is 0 Å². The standard InChI is InChI=1S/C21H20N2O/c24-14-6-13-21-22-19-11-3-4-12-20(19)23(21)15-17-9-5-8-16-7-1-2-10-18(16)17/h1-5,7-12,24H,6,13-15H2. The van der Waals surface area contributed by atoms with E-state index >= 15 is 0 Å². The van der Waals surface area contributed by atoms with Crippen molar-refractivity contribution < 1.29 is 5.11 Å². The van der Waals surface area contributed by atoms with Crippen molar-refractivity contribution in [3.63, 3.8) is 0 Å². The van der Waals surface area contributed by atoms with Gasteiger partial charge in [-0.1, -0.05) is 54.6 Å². The summed E-state index contributed by atoms with van der Waals surface area (Å²) in [6.07, 6.45) is 1.52. The van der Waals surface area contributed by atoms with Crippen LogP contribution in [0.4, 0.5) is 0 Å². The molecular formula is C21H20N2O. The predicted molar refractivity (Wildman–Crippen MR) is 98.2 cm³/mol. The first-order valence-electron chi connectivity index (χ1n) is 8.38. The summed E-state index contributed by atoms with van der Waals surface area (Å²) in [5.74, 6) is 1.04. The molecule has 0 radical (unpaired) electrons. The molecule has 0 aliphatic carbocycles. The first-order chi connectivity index (χ1) is 11.9. The maximum atomic E-state index is 9.19. The minimum Gasteiger partial charge on any atom is -0.396 e. The second kappa shape index (κ2) is 6.46. The van der Waals surface area contributed by atoms with Crippen LogP contribution >= 0.6 is 0 Å². The largest absolute Gasteiger partial charge is 0.396 e. The number of benzene rings is 3. The molecule has 4 rings (SSSR count). The van der Waals surface area contributed by atoms with Gasteiger partial charge in [0, 0.05) is 19.6 Å². The number of rotatable bonds is 5. The minimum atomic E-state index is 0.192. The summed E-state index contributed by atoms with van der Waals surface area (Å²) in [6, 6.07) is 23.2. The van der Waals surface area contributed by atoms with Gasteiger partial charge in [-0.25, -0.2) is 4.98 Å². The molecule has 0 spiro atoms. The highest BCUT2D eigenvalue weighted by atomic mass is 16.2. The molecule has 1 aromatic heterocycles. The Morgan fingerprint density at radius 2 is 1.67 bits per heavy atom. The molecule has 0 amide bonds. The molecule has 3 heteroatoms. The number of aromatic nitrogens is 2. The van der Waals surface area contributed by atoms with Crippen LogP contribution in [0.1, 0.15) is 17.8 Å². The van der Waals surface area contributed by atoms with Crippen molar-refractivity contribution in [3.05, 3.63) is 78.1 Å². The topological polar surface area (TPSA) is 38.1 Å². The number of hydrogen-bond acceptors (Lipinski definition) is 2. The lowest BCUT2D eigenvalue weighted by Crippen LogP contribution is -2.06. The van der Waals surface area contributed by atoms with Gasteiger partial charge < -0.3 is 9.67 Å². The number of nitrogens with zero attached hydrogens (tertiary/aromatic N) is 2. The van der Waals surface area contributed by atoms with Crippen molar-refractivity contribution in [1.82, 2.24) is 9.55 Å². The fourth-order valence-corrected chi connectivity index (χ4v) is 3.33. The molecule has 0 aliphatic heterocycles. The zero-order chi connectivity index (χ0) is 16.4. The lowest BCUT2D eigenvalue weighted by Gasteiger charge is -2.11. The third-order valence-electron chi connectivity index (χ3n) is 4.50. The molecule has 1 N–H and O–H groups in total. The summed E-state index contributed by atoms with van der Waals surface area (Å²) >= 11 is 0. The van der Waals surface area contributed by atoms with Crippen LogP contribution in [0.5, 0.6) is 0 Å². The van der Waals surface area contributed by atoms with Crippen molar-refractivity contribution in [3.8, 4) is 0 Å². The summed E-state index contributed by atoms with van der Waals surface area (Å²) in [6.45, 7) is 0.986. The van der Waals surface area contributed by atoms with Gasteiger partial charge in [0.2, 0.25) is 0 Å². The lowest BCUT2D eigenvalue weighted by atomic mass is 10.0. The van der Waals surface area contributed by atoms with E-state index in [2.05, 4.69) is 65.2 Å². The Labute approximate surface area is 141 Å². The second-order valence-corrected chi connectivity index (χ2v) is 6.07. The van der Waals surface area contributed by atoms with Crippen LogP contribution in [-0.4, -0.2) is 21.3 Å². The number of para-hydroxylation sites is 2. The van der Waals surface area contributed by atoms with E-state index in [0.29, 0.717) is 0 Å². The molecule has 0 saturated heterocycles. The average molecular weight is 316 g/mol. The Balaban J connectivity index is 1.83. The monoisotopic (exact) mass is 316 g/mol. The normalized spacial score (nSPS) is 11.4. The van der Waals surface area contributed by atoms with Crippen LogP contribution < -0.4 is 0 Å². The number of aryl methyl sites for hydroxylation is 1. The van der Waals surface area contributed by atoms with Crippen molar-refractivity contribution >= 4 is 21.8 Å². The molecule has 0 unspecified atom stereocenters. The van der Waals surface area contributed by atoms with E-state index in [0.717, 1.165) is 36.2 Å². The quantitative estimate of drug-likeness (QED) is 0.600. The van der Waals surface area contributed by atoms with Crippen LogP contribution in [0.15, 0.2) is 66.7 Å². The van der Waals surface area contributed by atoms with Crippen LogP contribution in [0.2, 0.25) is 0 Å². The molecule has 24 heavy (non-hydrogen) atoms. The van der Waals surface area contributed by atoms with E-state index in [1.807, 2.05) is 6.07 Å². The van der Waals surface area contributed by atoms with E-state index in [4.69, 9.17) is 4.98 Å². The summed E-state index contributed by atoms with van der Waals surface area (Å²) in [4.78, 5) is 4.78. The van der Waals surface area contributed by atoms with Crippen LogP contribution in [0.3, 0.4) is 0 Å². The Hall–Kier alpha value is -2.65. The lowest BCUT2D eigenvalue weighted by molar-refractivity contribution is 0.287. The average Bonchev–Trinajstić information content (AvgIpc) is 2.98. The predicted octanol–water partition coefficient (Wildman–Crippen LogP) is 4.16. The molecule has 4 aromatic rings. The van der Waals surface area contributed by atoms with Gasteiger partial charge in [0.25, 0.3) is 0 Å². The Morgan fingerprint density at radius 1 is 0.875 bits per heavy atom. The highest BCUT2D eigenvalue weighted by molar-refractivity contribution is 5.86. The van der Waals surface area contributed by atoms with Crippen LogP contribution in [0, 0.1) is 0 Å². The maximum absolute atomic E-state index is 9.19. The van der Waals surface area contributed by atoms with Gasteiger partial charge in [-0.2, -0.15) is 0 Å². The van der Waals surface area contributed by atoms with Gasteiger partial charge in [0.05, 0.1) is 11.0 Å². The Morgan fingerprint density at radius 3 is 2.58 bits per heavy atom. The van der Waals surface area contributed by atoms with E-state index in [9.17, 15) is 5.11 Å². The minimum absolute atomic E-state index is 0.192. The zero-order valence-electron chi connectivity index (χ0n) is 13.5. The molecule has 3 nitrogen and oxygen atoms in total. The van der Waals surface area contributed by atoms with Crippen molar-refractivity contribution in [1.29, 1.82) is 0 Å². The molecule has 0 aliphatic rings. The van der Waals surface area contributed by atoms with Crippen molar-refractivity contribution in [2.75, 3.05) is 6.61 Å². The highest BCUT2D eigenvalue weighted by Crippen LogP contribution is 2.23. The zero-order valence-corrected chi connectivity index (χ0v) is 13.5. The van der Waals surface area contributed by atoms with Crippen LogP contribution in [0.25, 0.3) is 21.8 Å². The number of hydrogen-bond donors (Lipinski definition) is 1. The molecular weight excluding hydrogens is 296 g/mol. The number of aliphatic hydroxyl groups is 1. The van der Waals surface area contributed by atoms with E-state index in [-0.39, 0.29) is 6.61 Å². The Bertz CT molecular complexity index is 982. The molecule has 3 aromatic carbocycles. The first kappa shape index (κ1) is 14.9. The van der Waals surface area contributed by atoms with E-state index in [1.165, 1.54) is 16.3 Å². The maximum Gasteiger partial charge on any atom is 0.110 e. The third kappa shape index (κ3) is 2.68. The molecule has 0 fully saturated rings. The number of aliphatic hydroxyl groups excluding tert-OH is 1. The summed E-state index contributed by atoms with van der Waals surface area (Å²) in [5.41, 5.74) is 3.46. The van der Waals surface area contributed by atoms with Gasteiger partial charge in [-0.15, -0.1) is 0 Å². The fourth-order valence-electron chi connectivity index (χ4n) is 3.33. The fraction of sp³-hybridized carbons (Fsp3) is 0.190. The molecule has 1 heterocycles. The van der Waals surface area contributed by atoms with Gasteiger partial charge in [0.15, 0.2) is 0 Å². The summed E-state index contributed by atoms with van der Waals surface area (Å²) in [7, 11) is 0. The Kier molecular flexibility index (Phi) is 4.01. The highest BCUT2D eigenvalue weighted by Gasteiger charge is 2.11. The van der Waals surface area contributed by atoms with Crippen molar-refractivity contribution in [2.45, 2.75) is 19.4 Å². The SMILES string of the molecule is OCCCc1nc2ccccc2n1Cc1cccc2ccccc12. The van der Waals surface area contributed by atoms with E-state index in [1.54, 1.807) is 0 Å². The van der Waals surface area contributed by atoms with Crippen molar-refractivity contribution in [2.24, 2.45) is 0 Å². The summed E-state index contributed by atoms with van der Waals surface area (Å²) < 4.78 is 2.28. The van der Waals surface area contributed by atoms with E-state index < -0.39 is 0 Å². The molecule has 0 saturated carbocycles.